The summed E-state index contributed by atoms with van der Waals surface area (Å²) in [4.78, 5) is 29.7. The summed E-state index contributed by atoms with van der Waals surface area (Å²) >= 11 is 1.31. The molecule has 0 aromatic carbocycles. The number of nitrogens with one attached hydrogen (secondary N) is 1. The highest BCUT2D eigenvalue weighted by Gasteiger charge is 2.16. The summed E-state index contributed by atoms with van der Waals surface area (Å²) in [7, 11) is 0. The van der Waals surface area contributed by atoms with E-state index in [1.807, 2.05) is 5.32 Å². The summed E-state index contributed by atoms with van der Waals surface area (Å²) in [5.41, 5.74) is 0.164. The van der Waals surface area contributed by atoms with Crippen molar-refractivity contribution in [3.63, 3.8) is 0 Å². The summed E-state index contributed by atoms with van der Waals surface area (Å²) in [5, 5.41) is 2.31. The third-order valence-corrected chi connectivity index (χ3v) is 2.33. The first-order chi connectivity index (χ1) is 8.04. The average molecular weight is 261 g/mol. The second-order valence-corrected chi connectivity index (χ2v) is 3.67. The van der Waals surface area contributed by atoms with Crippen LogP contribution in [-0.4, -0.2) is 40.9 Å². The maximum atomic E-state index is 11.8. The minimum atomic E-state index is -3.13. The molecular weight excluding hydrogens is 252 g/mol. The van der Waals surface area contributed by atoms with Gasteiger partial charge in [-0.05, 0) is 6.26 Å². The monoisotopic (exact) mass is 261 g/mol. The highest BCUT2D eigenvalue weighted by Crippen LogP contribution is 2.07. The summed E-state index contributed by atoms with van der Waals surface area (Å²) in [6, 6.07) is 0. The van der Waals surface area contributed by atoms with Crippen molar-refractivity contribution in [2.24, 2.45) is 0 Å². The van der Waals surface area contributed by atoms with Crippen LogP contribution in [0.15, 0.2) is 17.6 Å². The van der Waals surface area contributed by atoms with Gasteiger partial charge < -0.3 is 5.32 Å². The third-order valence-electron chi connectivity index (χ3n) is 1.75. The number of aromatic nitrogens is 2. The van der Waals surface area contributed by atoms with E-state index in [0.717, 1.165) is 0 Å². The van der Waals surface area contributed by atoms with Crippen molar-refractivity contribution in [3.8, 4) is 0 Å². The maximum Gasteiger partial charge on any atom is 0.315 e. The van der Waals surface area contributed by atoms with Crippen molar-refractivity contribution in [2.45, 2.75) is 11.6 Å². The number of amides is 1. The lowest BCUT2D eigenvalue weighted by atomic mass is 10.2. The number of nitrogens with zero attached hydrogens (tertiary/aromatic N) is 2. The van der Waals surface area contributed by atoms with Gasteiger partial charge in [-0.1, -0.05) is 11.8 Å². The van der Waals surface area contributed by atoms with Gasteiger partial charge in [-0.3, -0.25) is 9.59 Å². The smallest absolute Gasteiger partial charge is 0.315 e. The summed E-state index contributed by atoms with van der Waals surface area (Å²) in [5.74, 6) is -1.99. The molecule has 1 N–H and O–H groups in total. The quantitative estimate of drug-likeness (QED) is 0.481. The Hall–Kier alpha value is -1.57. The predicted molar refractivity (Wildman–Crippen MR) is 57.2 cm³/mol. The predicted octanol–water partition coefficient (Wildman–Crippen LogP) is 0.762. The van der Waals surface area contributed by atoms with Crippen LogP contribution >= 0.6 is 11.8 Å². The van der Waals surface area contributed by atoms with E-state index in [2.05, 4.69) is 9.97 Å². The lowest BCUT2D eigenvalue weighted by Gasteiger charge is -2.03. The Bertz CT molecular complexity index is 411. The van der Waals surface area contributed by atoms with Gasteiger partial charge in [0.1, 0.15) is 0 Å². The molecule has 0 saturated heterocycles. The van der Waals surface area contributed by atoms with E-state index in [9.17, 15) is 18.4 Å². The van der Waals surface area contributed by atoms with Crippen molar-refractivity contribution in [2.75, 3.05) is 12.8 Å². The van der Waals surface area contributed by atoms with Gasteiger partial charge in [0.25, 0.3) is 5.91 Å². The van der Waals surface area contributed by atoms with E-state index < -0.39 is 24.7 Å². The van der Waals surface area contributed by atoms with E-state index in [4.69, 9.17) is 0 Å². The Morgan fingerprint density at radius 2 is 2.00 bits per heavy atom. The highest BCUT2D eigenvalue weighted by atomic mass is 32.2. The van der Waals surface area contributed by atoms with Crippen LogP contribution in [0.3, 0.4) is 0 Å². The maximum absolute atomic E-state index is 11.8. The van der Waals surface area contributed by atoms with Crippen molar-refractivity contribution in [1.29, 1.82) is 0 Å². The molecule has 1 aromatic heterocycles. The molecule has 0 radical (unpaired) electrons. The summed E-state index contributed by atoms with van der Waals surface area (Å²) in [6.45, 7) is -0.495. The van der Waals surface area contributed by atoms with E-state index in [0.29, 0.717) is 5.16 Å². The zero-order valence-electron chi connectivity index (χ0n) is 8.81. The Labute approximate surface area is 100 Å². The second-order valence-electron chi connectivity index (χ2n) is 2.90. The van der Waals surface area contributed by atoms with Crippen LogP contribution in [0.25, 0.3) is 0 Å². The molecule has 0 unspecified atom stereocenters. The number of rotatable bonds is 5. The number of hydrogen-bond acceptors (Lipinski definition) is 5. The molecule has 0 fully saturated rings. The van der Waals surface area contributed by atoms with Crippen molar-refractivity contribution >= 4 is 23.5 Å². The molecule has 0 bridgehead atoms. The molecule has 0 spiro atoms. The van der Waals surface area contributed by atoms with E-state index in [1.54, 1.807) is 6.26 Å². The Morgan fingerprint density at radius 3 is 2.47 bits per heavy atom. The van der Waals surface area contributed by atoms with Crippen molar-refractivity contribution in [3.05, 3.63) is 18.0 Å². The lowest BCUT2D eigenvalue weighted by Crippen LogP contribution is -2.34. The van der Waals surface area contributed by atoms with Crippen LogP contribution in [-0.2, 0) is 4.79 Å². The van der Waals surface area contributed by atoms with Gasteiger partial charge >= 0.3 is 6.43 Å². The topological polar surface area (TPSA) is 72.0 Å². The molecule has 0 aliphatic rings. The first-order valence-corrected chi connectivity index (χ1v) is 5.72. The minimum absolute atomic E-state index is 0.164. The van der Waals surface area contributed by atoms with Crippen LogP contribution in [0.1, 0.15) is 10.4 Å². The normalized spacial score (nSPS) is 10.4. The van der Waals surface area contributed by atoms with E-state index in [-0.39, 0.29) is 5.56 Å². The van der Waals surface area contributed by atoms with Gasteiger partial charge in [0, 0.05) is 12.4 Å². The van der Waals surface area contributed by atoms with Crippen molar-refractivity contribution in [1.82, 2.24) is 15.3 Å². The molecule has 0 aliphatic carbocycles. The molecular formula is C9H9F2N3O2S. The second kappa shape index (κ2) is 6.24. The lowest BCUT2D eigenvalue weighted by molar-refractivity contribution is -0.131. The van der Waals surface area contributed by atoms with E-state index >= 15 is 0 Å². The molecule has 92 valence electrons. The number of hydrogen-bond donors (Lipinski definition) is 1. The Balaban J connectivity index is 2.55. The molecule has 1 amide bonds. The fourth-order valence-corrected chi connectivity index (χ4v) is 1.23. The standard InChI is InChI=1S/C9H9F2N3O2S/c1-17-9-13-2-5(3-14-9)6(15)4-12-8(16)7(10)11/h2-3,7H,4H2,1H3,(H,12,16). The zero-order chi connectivity index (χ0) is 12.8. The van der Waals surface area contributed by atoms with Gasteiger partial charge in [-0.2, -0.15) is 8.78 Å². The number of carbonyl (C=O) groups is 2. The number of ketones is 1. The molecule has 1 heterocycles. The Morgan fingerprint density at radius 1 is 1.41 bits per heavy atom. The molecule has 0 aliphatic heterocycles. The molecule has 8 heteroatoms. The minimum Gasteiger partial charge on any atom is -0.344 e. The highest BCUT2D eigenvalue weighted by molar-refractivity contribution is 7.98. The van der Waals surface area contributed by atoms with Crippen LogP contribution in [0.5, 0.6) is 0 Å². The van der Waals surface area contributed by atoms with Crippen molar-refractivity contribution < 1.29 is 18.4 Å². The van der Waals surface area contributed by atoms with Crippen LogP contribution < -0.4 is 5.32 Å². The van der Waals surface area contributed by atoms with Gasteiger partial charge in [0.05, 0.1) is 12.1 Å². The fraction of sp³-hybridized carbons (Fsp3) is 0.333. The molecule has 0 saturated carbocycles. The van der Waals surface area contributed by atoms with Gasteiger partial charge in [-0.15, -0.1) is 0 Å². The first kappa shape index (κ1) is 13.5. The molecule has 17 heavy (non-hydrogen) atoms. The van der Waals surface area contributed by atoms with Gasteiger partial charge in [0.2, 0.25) is 0 Å². The largest absolute Gasteiger partial charge is 0.344 e. The van der Waals surface area contributed by atoms with Gasteiger partial charge in [-0.25, -0.2) is 9.97 Å². The van der Waals surface area contributed by atoms with Crippen LogP contribution in [0.2, 0.25) is 0 Å². The number of thioether (sulfide) groups is 1. The molecule has 5 nitrogen and oxygen atoms in total. The number of halogens is 2. The zero-order valence-corrected chi connectivity index (χ0v) is 9.63. The number of carbonyl (C=O) groups excluding carboxylic acids is 2. The van der Waals surface area contributed by atoms with Crippen LogP contribution in [0, 0.1) is 0 Å². The molecule has 1 rings (SSSR count). The average Bonchev–Trinajstić information content (AvgIpc) is 2.35. The third kappa shape index (κ3) is 4.06. The number of Topliss-reactive ketones (excluding diaryl/α,β-unsaturated/α-hetero) is 1. The van der Waals surface area contributed by atoms with Gasteiger partial charge in [0.15, 0.2) is 10.9 Å². The summed E-state index contributed by atoms with van der Waals surface area (Å²) < 4.78 is 23.7. The Kier molecular flexibility index (Phi) is 4.95. The van der Waals surface area contributed by atoms with E-state index in [1.165, 1.54) is 24.2 Å². The fourth-order valence-electron chi connectivity index (χ4n) is 0.912. The first-order valence-electron chi connectivity index (χ1n) is 4.49. The molecule has 1 aromatic rings. The number of alkyl halides is 2. The van der Waals surface area contributed by atoms with Crippen LogP contribution in [0.4, 0.5) is 8.78 Å². The summed E-state index contributed by atoms with van der Waals surface area (Å²) in [6.07, 6.45) is 1.23. The SMILES string of the molecule is CSc1ncc(C(=O)CNC(=O)C(F)F)cn1. The molecule has 0 atom stereocenters.